The van der Waals surface area contributed by atoms with Crippen LogP contribution >= 0.6 is 0 Å². The second-order valence-electron chi connectivity index (χ2n) is 2.63. The molecule has 0 aliphatic carbocycles. The summed E-state index contributed by atoms with van der Waals surface area (Å²) in [5.74, 6) is -1.47. The third kappa shape index (κ3) is 1.24. The van der Waals surface area contributed by atoms with Crippen LogP contribution in [0, 0.1) is 0 Å². The Morgan fingerprint density at radius 3 is 2.71 bits per heavy atom. The molecule has 1 aromatic heterocycles. The molecular formula is C7H5N3O4. The standard InChI is InChI=1S/C7H5N3O4/c11-5-6(12)10(7(13)9-5)3-4-1-2-8-14-4/h1-2H,3H2,(H,9,11,13). The topological polar surface area (TPSA) is 92.5 Å². The summed E-state index contributed by atoms with van der Waals surface area (Å²) in [7, 11) is 0. The molecule has 4 amide bonds. The fraction of sp³-hybridized carbons (Fsp3) is 0.143. The highest BCUT2D eigenvalue weighted by Crippen LogP contribution is 2.07. The largest absolute Gasteiger partial charge is 0.359 e. The molecule has 1 aromatic rings. The third-order valence-electron chi connectivity index (χ3n) is 1.71. The Balaban J connectivity index is 2.16. The molecule has 0 bridgehead atoms. The van der Waals surface area contributed by atoms with Crippen molar-refractivity contribution in [2.45, 2.75) is 6.54 Å². The highest BCUT2D eigenvalue weighted by Gasteiger charge is 2.37. The number of aromatic nitrogens is 1. The first-order chi connectivity index (χ1) is 6.68. The molecule has 0 saturated carbocycles. The van der Waals surface area contributed by atoms with Gasteiger partial charge in [0.15, 0.2) is 5.76 Å². The summed E-state index contributed by atoms with van der Waals surface area (Å²) in [6.45, 7) is -0.0869. The molecule has 72 valence electrons. The van der Waals surface area contributed by atoms with Crippen molar-refractivity contribution in [1.82, 2.24) is 15.4 Å². The average Bonchev–Trinajstić information content (AvgIpc) is 2.71. The van der Waals surface area contributed by atoms with Crippen molar-refractivity contribution in [3.63, 3.8) is 0 Å². The summed E-state index contributed by atoms with van der Waals surface area (Å²) >= 11 is 0. The fourth-order valence-corrected chi connectivity index (χ4v) is 1.06. The van der Waals surface area contributed by atoms with E-state index < -0.39 is 17.8 Å². The van der Waals surface area contributed by atoms with Crippen LogP contribution in [0.15, 0.2) is 16.8 Å². The molecule has 1 aliphatic heterocycles. The van der Waals surface area contributed by atoms with Gasteiger partial charge in [-0.25, -0.2) is 9.69 Å². The van der Waals surface area contributed by atoms with Gasteiger partial charge in [-0.1, -0.05) is 5.16 Å². The SMILES string of the molecule is O=C1NC(=O)N(Cc2ccno2)C1=O. The van der Waals surface area contributed by atoms with Gasteiger partial charge in [0.1, 0.15) is 0 Å². The van der Waals surface area contributed by atoms with Gasteiger partial charge in [0, 0.05) is 6.07 Å². The summed E-state index contributed by atoms with van der Waals surface area (Å²) in [5.41, 5.74) is 0. The molecule has 2 rings (SSSR count). The van der Waals surface area contributed by atoms with Crippen LogP contribution in [0.3, 0.4) is 0 Å². The first kappa shape index (κ1) is 8.42. The number of amides is 4. The molecule has 0 aromatic carbocycles. The van der Waals surface area contributed by atoms with Gasteiger partial charge in [0.05, 0.1) is 12.7 Å². The lowest BCUT2D eigenvalue weighted by atomic mass is 10.4. The minimum Gasteiger partial charge on any atom is -0.359 e. The highest BCUT2D eigenvalue weighted by atomic mass is 16.5. The lowest BCUT2D eigenvalue weighted by Gasteiger charge is -2.07. The highest BCUT2D eigenvalue weighted by molar-refractivity contribution is 6.44. The molecule has 2 heterocycles. The number of nitrogens with zero attached hydrogens (tertiary/aromatic N) is 2. The van der Waals surface area contributed by atoms with Crippen LogP contribution in [0.2, 0.25) is 0 Å². The third-order valence-corrected chi connectivity index (χ3v) is 1.71. The van der Waals surface area contributed by atoms with E-state index in [0.29, 0.717) is 5.76 Å². The second-order valence-corrected chi connectivity index (χ2v) is 2.63. The molecule has 7 nitrogen and oxygen atoms in total. The molecule has 0 spiro atoms. The van der Waals surface area contributed by atoms with Crippen molar-refractivity contribution in [2.24, 2.45) is 0 Å². The van der Waals surface area contributed by atoms with Crippen LogP contribution in [0.25, 0.3) is 0 Å². The van der Waals surface area contributed by atoms with Crippen molar-refractivity contribution in [1.29, 1.82) is 0 Å². The Morgan fingerprint density at radius 2 is 2.21 bits per heavy atom. The first-order valence-electron chi connectivity index (χ1n) is 3.75. The van der Waals surface area contributed by atoms with Crippen LogP contribution in [0.4, 0.5) is 4.79 Å². The number of rotatable bonds is 2. The van der Waals surface area contributed by atoms with Gasteiger partial charge in [0.25, 0.3) is 0 Å². The lowest BCUT2D eigenvalue weighted by Crippen LogP contribution is -2.30. The van der Waals surface area contributed by atoms with Crippen LogP contribution in [-0.2, 0) is 16.1 Å². The van der Waals surface area contributed by atoms with Crippen molar-refractivity contribution < 1.29 is 18.9 Å². The second kappa shape index (κ2) is 2.95. The van der Waals surface area contributed by atoms with Gasteiger partial charge in [-0.3, -0.25) is 14.9 Å². The van der Waals surface area contributed by atoms with E-state index in [4.69, 9.17) is 4.52 Å². The minimum atomic E-state index is -0.922. The lowest BCUT2D eigenvalue weighted by molar-refractivity contribution is -0.140. The van der Waals surface area contributed by atoms with Gasteiger partial charge in [-0.15, -0.1) is 0 Å². The van der Waals surface area contributed by atoms with Gasteiger partial charge >= 0.3 is 17.8 Å². The Kier molecular flexibility index (Phi) is 1.77. The molecule has 1 N–H and O–H groups in total. The van der Waals surface area contributed by atoms with E-state index in [1.807, 2.05) is 5.32 Å². The minimum absolute atomic E-state index is 0.0869. The molecule has 1 saturated heterocycles. The normalized spacial score (nSPS) is 16.3. The summed E-state index contributed by atoms with van der Waals surface area (Å²) in [4.78, 5) is 33.6. The zero-order valence-electron chi connectivity index (χ0n) is 6.89. The maximum absolute atomic E-state index is 11.1. The zero-order chi connectivity index (χ0) is 10.1. The number of urea groups is 1. The summed E-state index contributed by atoms with van der Waals surface area (Å²) in [6, 6.07) is 0.764. The number of hydrogen-bond donors (Lipinski definition) is 1. The van der Waals surface area contributed by atoms with E-state index in [1.54, 1.807) is 0 Å². The molecule has 1 fully saturated rings. The summed E-state index contributed by atoms with van der Waals surface area (Å²) < 4.78 is 4.69. The van der Waals surface area contributed by atoms with Gasteiger partial charge < -0.3 is 4.52 Å². The Hall–Kier alpha value is -2.18. The number of carbonyl (C=O) groups is 3. The smallest absolute Gasteiger partial charge is 0.331 e. The monoisotopic (exact) mass is 195 g/mol. The van der Waals surface area contributed by atoms with E-state index in [9.17, 15) is 14.4 Å². The molecule has 1 aliphatic rings. The van der Waals surface area contributed by atoms with Crippen LogP contribution in [-0.4, -0.2) is 27.9 Å². The first-order valence-corrected chi connectivity index (χ1v) is 3.75. The molecule has 0 atom stereocenters. The van der Waals surface area contributed by atoms with Crippen LogP contribution < -0.4 is 5.32 Å². The average molecular weight is 195 g/mol. The fourth-order valence-electron chi connectivity index (χ4n) is 1.06. The van der Waals surface area contributed by atoms with E-state index in [2.05, 4.69) is 5.16 Å². The zero-order valence-corrected chi connectivity index (χ0v) is 6.89. The van der Waals surface area contributed by atoms with Crippen LogP contribution in [0.5, 0.6) is 0 Å². The molecule has 0 radical (unpaired) electrons. The number of carbonyl (C=O) groups excluding carboxylic acids is 3. The quantitative estimate of drug-likeness (QED) is 0.495. The molecule has 0 unspecified atom stereocenters. The van der Waals surface area contributed by atoms with Crippen molar-refractivity contribution in [3.05, 3.63) is 18.0 Å². The van der Waals surface area contributed by atoms with Crippen molar-refractivity contribution in [3.8, 4) is 0 Å². The van der Waals surface area contributed by atoms with Crippen molar-refractivity contribution >= 4 is 17.8 Å². The van der Waals surface area contributed by atoms with E-state index in [0.717, 1.165) is 4.90 Å². The number of nitrogens with one attached hydrogen (secondary N) is 1. The predicted octanol–water partition coefficient (Wildman–Crippen LogP) is -0.747. The van der Waals surface area contributed by atoms with E-state index in [-0.39, 0.29) is 6.54 Å². The molecule has 7 heteroatoms. The Labute approximate surface area is 77.6 Å². The number of hydrogen-bond acceptors (Lipinski definition) is 5. The maximum atomic E-state index is 11.1. The number of imide groups is 2. The maximum Gasteiger partial charge on any atom is 0.331 e. The Morgan fingerprint density at radius 1 is 1.43 bits per heavy atom. The molecular weight excluding hydrogens is 190 g/mol. The summed E-state index contributed by atoms with van der Waals surface area (Å²) in [5, 5.41) is 5.27. The van der Waals surface area contributed by atoms with Gasteiger partial charge in [-0.2, -0.15) is 0 Å². The van der Waals surface area contributed by atoms with E-state index in [1.165, 1.54) is 12.3 Å². The van der Waals surface area contributed by atoms with Gasteiger partial charge in [0.2, 0.25) is 0 Å². The Bertz CT molecular complexity index is 397. The summed E-state index contributed by atoms with van der Waals surface area (Å²) in [6.07, 6.45) is 1.38. The molecule has 14 heavy (non-hydrogen) atoms. The van der Waals surface area contributed by atoms with Crippen molar-refractivity contribution in [2.75, 3.05) is 0 Å². The van der Waals surface area contributed by atoms with E-state index >= 15 is 0 Å². The van der Waals surface area contributed by atoms with Crippen LogP contribution in [0.1, 0.15) is 5.76 Å². The van der Waals surface area contributed by atoms with Gasteiger partial charge in [-0.05, 0) is 0 Å². The predicted molar refractivity (Wildman–Crippen MR) is 40.6 cm³/mol.